The number of nitrogens with zero attached hydrogens (tertiary/aromatic N) is 2. The molecule has 0 bridgehead atoms. The zero-order chi connectivity index (χ0) is 15.1. The van der Waals surface area contributed by atoms with Gasteiger partial charge in [-0.1, -0.05) is 29.8 Å². The highest BCUT2D eigenvalue weighted by molar-refractivity contribution is 9.10. The van der Waals surface area contributed by atoms with Crippen molar-refractivity contribution >= 4 is 15.9 Å². The van der Waals surface area contributed by atoms with Crippen LogP contribution in [0, 0.1) is 5.92 Å². The summed E-state index contributed by atoms with van der Waals surface area (Å²) in [6.07, 6.45) is 5.51. The second-order valence-corrected chi connectivity index (χ2v) is 6.28. The van der Waals surface area contributed by atoms with Crippen molar-refractivity contribution in [2.75, 3.05) is 13.2 Å². The summed E-state index contributed by atoms with van der Waals surface area (Å²) in [5, 5.41) is 3.45. The monoisotopic (exact) mass is 351 g/mol. The van der Waals surface area contributed by atoms with Crippen molar-refractivity contribution in [3.05, 3.63) is 47.0 Å². The van der Waals surface area contributed by atoms with Crippen molar-refractivity contribution in [1.82, 2.24) is 14.9 Å². The van der Waals surface area contributed by atoms with Crippen LogP contribution >= 0.6 is 15.9 Å². The van der Waals surface area contributed by atoms with Crippen molar-refractivity contribution in [3.63, 3.8) is 0 Å². The first-order valence-corrected chi connectivity index (χ1v) is 8.02. The molecule has 21 heavy (non-hydrogen) atoms. The fraction of sp³-hybridized carbons (Fsp3) is 0.438. The molecule has 0 spiro atoms. The molecule has 1 aromatic carbocycles. The second kappa shape index (κ2) is 8.20. The number of ether oxygens (including phenoxy) is 1. The molecule has 2 aromatic rings. The summed E-state index contributed by atoms with van der Waals surface area (Å²) in [6.45, 7) is 7.71. The summed E-state index contributed by atoms with van der Waals surface area (Å²) >= 11 is 3.59. The van der Waals surface area contributed by atoms with Gasteiger partial charge in [-0.2, -0.15) is 0 Å². The molecule has 5 heteroatoms. The Labute approximate surface area is 134 Å². The van der Waals surface area contributed by atoms with Gasteiger partial charge >= 0.3 is 0 Å². The molecule has 114 valence electrons. The number of nitrogens with one attached hydrogen (secondary N) is 1. The normalized spacial score (nSPS) is 11.0. The molecule has 1 N–H and O–H groups in total. The molecule has 1 aromatic heterocycles. The van der Waals surface area contributed by atoms with Crippen LogP contribution in [0.25, 0.3) is 0 Å². The Morgan fingerprint density at radius 3 is 2.95 bits per heavy atom. The van der Waals surface area contributed by atoms with Crippen molar-refractivity contribution in [1.29, 1.82) is 0 Å². The molecule has 0 saturated heterocycles. The van der Waals surface area contributed by atoms with Gasteiger partial charge in [0.2, 0.25) is 0 Å². The van der Waals surface area contributed by atoms with Gasteiger partial charge in [0, 0.05) is 23.4 Å². The number of aromatic nitrogens is 2. The average Bonchev–Trinajstić information content (AvgIpc) is 2.95. The summed E-state index contributed by atoms with van der Waals surface area (Å²) in [5.41, 5.74) is 1.22. The van der Waals surface area contributed by atoms with Gasteiger partial charge in [-0.25, -0.2) is 4.98 Å². The Bertz CT molecular complexity index is 540. The lowest BCUT2D eigenvalue weighted by Gasteiger charge is -2.12. The summed E-state index contributed by atoms with van der Waals surface area (Å²) in [7, 11) is 0. The minimum absolute atomic E-state index is 0.636. The van der Waals surface area contributed by atoms with E-state index in [1.807, 2.05) is 22.9 Å². The molecule has 0 radical (unpaired) electrons. The third kappa shape index (κ3) is 5.52. The topological polar surface area (TPSA) is 39.1 Å². The maximum absolute atomic E-state index is 5.81. The van der Waals surface area contributed by atoms with Crippen LogP contribution in [0.3, 0.4) is 0 Å². The van der Waals surface area contributed by atoms with Crippen LogP contribution in [0.1, 0.15) is 19.4 Å². The molecule has 0 aliphatic carbocycles. The number of halogens is 1. The Balaban J connectivity index is 1.85. The summed E-state index contributed by atoms with van der Waals surface area (Å²) in [5.74, 6) is 1.55. The lowest BCUT2D eigenvalue weighted by Crippen LogP contribution is -2.19. The average molecular weight is 352 g/mol. The zero-order valence-corrected chi connectivity index (χ0v) is 14.1. The van der Waals surface area contributed by atoms with Gasteiger partial charge in [0.05, 0.1) is 12.9 Å². The van der Waals surface area contributed by atoms with Crippen molar-refractivity contribution in [2.24, 2.45) is 5.92 Å². The van der Waals surface area contributed by atoms with Gasteiger partial charge in [0.25, 0.3) is 0 Å². The van der Waals surface area contributed by atoms with Crippen LogP contribution in [0.15, 0.2) is 41.4 Å². The van der Waals surface area contributed by atoms with E-state index in [-0.39, 0.29) is 0 Å². The van der Waals surface area contributed by atoms with Gasteiger partial charge in [0.1, 0.15) is 12.4 Å². The highest BCUT2D eigenvalue weighted by Gasteiger charge is 2.03. The molecule has 0 unspecified atom stereocenters. The Morgan fingerprint density at radius 2 is 2.24 bits per heavy atom. The lowest BCUT2D eigenvalue weighted by atomic mass is 10.2. The predicted octanol–water partition coefficient (Wildman–Crippen LogP) is 3.47. The maximum atomic E-state index is 5.81. The predicted molar refractivity (Wildman–Crippen MR) is 88.4 cm³/mol. The number of benzene rings is 1. The van der Waals surface area contributed by atoms with E-state index in [2.05, 4.69) is 46.1 Å². The lowest BCUT2D eigenvalue weighted by molar-refractivity contribution is 0.298. The minimum atomic E-state index is 0.636. The molecule has 2 rings (SSSR count). The Hall–Kier alpha value is -1.33. The van der Waals surface area contributed by atoms with Crippen LogP contribution < -0.4 is 10.1 Å². The van der Waals surface area contributed by atoms with Crippen LogP contribution in [0.4, 0.5) is 0 Å². The van der Waals surface area contributed by atoms with E-state index in [9.17, 15) is 0 Å². The van der Waals surface area contributed by atoms with Crippen molar-refractivity contribution < 1.29 is 4.74 Å². The van der Waals surface area contributed by atoms with Gasteiger partial charge in [0.15, 0.2) is 0 Å². The van der Waals surface area contributed by atoms with Crippen LogP contribution in [0.5, 0.6) is 5.75 Å². The molecule has 0 amide bonds. The molecule has 0 aliphatic rings. The first-order valence-electron chi connectivity index (χ1n) is 7.23. The van der Waals surface area contributed by atoms with Crippen molar-refractivity contribution in [3.8, 4) is 5.75 Å². The number of hydrogen-bond donors (Lipinski definition) is 1. The first-order chi connectivity index (χ1) is 10.1. The van der Waals surface area contributed by atoms with Crippen molar-refractivity contribution in [2.45, 2.75) is 26.9 Å². The fourth-order valence-electron chi connectivity index (χ4n) is 1.96. The number of imidazole rings is 1. The quantitative estimate of drug-likeness (QED) is 0.791. The smallest absolute Gasteiger partial charge is 0.119 e. The zero-order valence-electron chi connectivity index (χ0n) is 12.6. The second-order valence-electron chi connectivity index (χ2n) is 5.43. The van der Waals surface area contributed by atoms with Crippen LogP contribution in [-0.2, 0) is 13.1 Å². The first kappa shape index (κ1) is 16.0. The van der Waals surface area contributed by atoms with E-state index in [1.54, 1.807) is 12.5 Å². The molecule has 0 fully saturated rings. The van der Waals surface area contributed by atoms with Gasteiger partial charge in [-0.15, -0.1) is 0 Å². The Morgan fingerprint density at radius 1 is 1.38 bits per heavy atom. The standard InChI is InChI=1S/C16H22BrN3O/c1-13(2)10-19-11-14-9-15(3-4-16(14)17)21-8-7-20-6-5-18-12-20/h3-6,9,12-13,19H,7-8,10-11H2,1-2H3. The third-order valence-electron chi connectivity index (χ3n) is 3.06. The van der Waals surface area contributed by atoms with E-state index in [1.165, 1.54) is 5.56 Å². The molecular weight excluding hydrogens is 330 g/mol. The van der Waals surface area contributed by atoms with Gasteiger partial charge in [-0.05, 0) is 36.2 Å². The largest absolute Gasteiger partial charge is 0.492 e. The van der Waals surface area contributed by atoms with Gasteiger partial charge < -0.3 is 14.6 Å². The highest BCUT2D eigenvalue weighted by Crippen LogP contribution is 2.22. The summed E-state index contributed by atoms with van der Waals surface area (Å²) < 4.78 is 8.92. The summed E-state index contributed by atoms with van der Waals surface area (Å²) in [4.78, 5) is 4.01. The van der Waals surface area contributed by atoms with Crippen LogP contribution in [0.2, 0.25) is 0 Å². The SMILES string of the molecule is CC(C)CNCc1cc(OCCn2ccnc2)ccc1Br. The molecule has 4 nitrogen and oxygen atoms in total. The number of hydrogen-bond acceptors (Lipinski definition) is 3. The summed E-state index contributed by atoms with van der Waals surface area (Å²) in [6, 6.07) is 6.12. The van der Waals surface area contributed by atoms with E-state index < -0.39 is 0 Å². The molecule has 0 atom stereocenters. The molecule has 0 aliphatic heterocycles. The Kier molecular flexibility index (Phi) is 6.26. The minimum Gasteiger partial charge on any atom is -0.492 e. The van der Waals surface area contributed by atoms with Gasteiger partial charge in [-0.3, -0.25) is 0 Å². The maximum Gasteiger partial charge on any atom is 0.119 e. The molecule has 0 saturated carbocycles. The number of rotatable bonds is 8. The van der Waals surface area contributed by atoms with E-state index in [4.69, 9.17) is 4.74 Å². The third-order valence-corrected chi connectivity index (χ3v) is 3.84. The van der Waals surface area contributed by atoms with E-state index in [0.29, 0.717) is 12.5 Å². The van der Waals surface area contributed by atoms with E-state index >= 15 is 0 Å². The highest BCUT2D eigenvalue weighted by atomic mass is 79.9. The van der Waals surface area contributed by atoms with E-state index in [0.717, 1.165) is 29.9 Å². The van der Waals surface area contributed by atoms with Crippen LogP contribution in [-0.4, -0.2) is 22.7 Å². The molecule has 1 heterocycles. The fourth-order valence-corrected chi connectivity index (χ4v) is 2.35. The molecular formula is C16H22BrN3O.